The Bertz CT molecular complexity index is 670. The number of carbonyl (C=O) groups is 2. The second-order valence-corrected chi connectivity index (χ2v) is 6.71. The van der Waals surface area contributed by atoms with Crippen LogP contribution in [-0.2, 0) is 9.53 Å². The van der Waals surface area contributed by atoms with E-state index in [1.165, 1.54) is 6.07 Å². The van der Waals surface area contributed by atoms with Crippen LogP contribution in [0.4, 0.5) is 0 Å². The van der Waals surface area contributed by atoms with E-state index >= 15 is 0 Å². The predicted octanol–water partition coefficient (Wildman–Crippen LogP) is 3.11. The highest BCUT2D eigenvalue weighted by Gasteiger charge is 2.44. The Morgan fingerprint density at radius 1 is 1.20 bits per heavy atom. The van der Waals surface area contributed by atoms with Gasteiger partial charge in [0.25, 0.3) is 5.91 Å². The highest BCUT2D eigenvalue weighted by Crippen LogP contribution is 2.38. The van der Waals surface area contributed by atoms with Gasteiger partial charge in [0, 0.05) is 12.0 Å². The van der Waals surface area contributed by atoms with E-state index in [0.717, 1.165) is 19.3 Å². The quantitative estimate of drug-likeness (QED) is 0.828. The summed E-state index contributed by atoms with van der Waals surface area (Å²) in [4.78, 5) is 25.1. The number of rotatable bonds is 4. The van der Waals surface area contributed by atoms with Crippen LogP contribution in [0.3, 0.4) is 0 Å². The number of esters is 1. The number of carbonyl (C=O) groups excluding carboxylic acids is 2. The molecule has 1 N–H and O–H groups in total. The monoisotopic (exact) mass is 367 g/mol. The maximum absolute atomic E-state index is 12.8. The summed E-state index contributed by atoms with van der Waals surface area (Å²) in [6.07, 6.45) is 3.66. The molecular weight excluding hydrogens is 346 g/mol. The molecular formula is C18H22ClNO5. The zero-order chi connectivity index (χ0) is 17.9. The van der Waals surface area contributed by atoms with Crippen LogP contribution in [0.1, 0.15) is 49.4 Å². The van der Waals surface area contributed by atoms with Crippen LogP contribution in [-0.4, -0.2) is 37.2 Å². The lowest BCUT2D eigenvalue weighted by Crippen LogP contribution is -2.53. The third-order valence-corrected chi connectivity index (χ3v) is 4.82. The first-order valence-corrected chi connectivity index (χ1v) is 9.02. The van der Waals surface area contributed by atoms with Crippen LogP contribution in [0.2, 0.25) is 5.02 Å². The summed E-state index contributed by atoms with van der Waals surface area (Å²) in [5.74, 6) is 0.164. The molecule has 3 rings (SSSR count). The normalized spacial score (nSPS) is 18.3. The van der Waals surface area contributed by atoms with Crippen LogP contribution in [0.15, 0.2) is 12.1 Å². The second kappa shape index (κ2) is 7.52. The van der Waals surface area contributed by atoms with Crippen molar-refractivity contribution in [2.24, 2.45) is 0 Å². The van der Waals surface area contributed by atoms with E-state index in [2.05, 4.69) is 5.32 Å². The van der Waals surface area contributed by atoms with E-state index in [0.29, 0.717) is 48.1 Å². The topological polar surface area (TPSA) is 73.9 Å². The van der Waals surface area contributed by atoms with Crippen LogP contribution < -0.4 is 14.8 Å². The summed E-state index contributed by atoms with van der Waals surface area (Å²) >= 11 is 6.25. The molecule has 1 aromatic carbocycles. The third-order valence-electron chi connectivity index (χ3n) is 4.54. The Labute approximate surface area is 151 Å². The lowest BCUT2D eigenvalue weighted by Gasteiger charge is -2.28. The molecule has 136 valence electrons. The van der Waals surface area contributed by atoms with Crippen molar-refractivity contribution in [3.8, 4) is 11.5 Å². The number of nitrogens with one attached hydrogen (secondary N) is 1. The molecule has 0 bridgehead atoms. The van der Waals surface area contributed by atoms with Gasteiger partial charge in [-0.1, -0.05) is 24.4 Å². The Morgan fingerprint density at radius 2 is 1.92 bits per heavy atom. The van der Waals surface area contributed by atoms with E-state index in [4.69, 9.17) is 25.8 Å². The highest BCUT2D eigenvalue weighted by atomic mass is 35.5. The molecule has 1 aliphatic carbocycles. The molecule has 0 aromatic heterocycles. The number of halogens is 1. The standard InChI is InChI=1S/C18H22ClNO5/c1-2-23-17(22)18(6-3-4-7-18)20-16(21)12-10-13(19)15-14(11-12)24-8-5-9-25-15/h10-11H,2-9H2,1H3,(H,20,21). The second-order valence-electron chi connectivity index (χ2n) is 6.30. The molecule has 1 aliphatic heterocycles. The Kier molecular flexibility index (Phi) is 5.37. The van der Waals surface area contributed by atoms with Crippen LogP contribution in [0, 0.1) is 0 Å². The van der Waals surface area contributed by atoms with Gasteiger partial charge in [-0.3, -0.25) is 4.79 Å². The fourth-order valence-corrected chi connectivity index (χ4v) is 3.54. The van der Waals surface area contributed by atoms with Crippen molar-refractivity contribution in [3.63, 3.8) is 0 Å². The molecule has 6 nitrogen and oxygen atoms in total. The average molecular weight is 368 g/mol. The third kappa shape index (κ3) is 3.68. The van der Waals surface area contributed by atoms with Crippen molar-refractivity contribution in [3.05, 3.63) is 22.7 Å². The smallest absolute Gasteiger partial charge is 0.331 e. The summed E-state index contributed by atoms with van der Waals surface area (Å²) < 4.78 is 16.4. The van der Waals surface area contributed by atoms with Crippen molar-refractivity contribution < 1.29 is 23.8 Å². The van der Waals surface area contributed by atoms with Gasteiger partial charge in [0.05, 0.1) is 24.8 Å². The lowest BCUT2D eigenvalue weighted by molar-refractivity contribution is -0.150. The molecule has 0 saturated heterocycles. The molecule has 1 saturated carbocycles. The molecule has 0 unspecified atom stereocenters. The fourth-order valence-electron chi connectivity index (χ4n) is 3.28. The van der Waals surface area contributed by atoms with Gasteiger partial charge in [0.2, 0.25) is 0 Å². The van der Waals surface area contributed by atoms with Gasteiger partial charge in [-0.05, 0) is 31.9 Å². The first-order chi connectivity index (χ1) is 12.1. The van der Waals surface area contributed by atoms with Crippen molar-refractivity contribution in [1.82, 2.24) is 5.32 Å². The van der Waals surface area contributed by atoms with E-state index in [1.807, 2.05) is 0 Å². The highest BCUT2D eigenvalue weighted by molar-refractivity contribution is 6.32. The summed E-state index contributed by atoms with van der Waals surface area (Å²) in [6.45, 7) is 3.06. The molecule has 2 aliphatic rings. The molecule has 0 radical (unpaired) electrons. The minimum atomic E-state index is -0.955. The summed E-state index contributed by atoms with van der Waals surface area (Å²) in [7, 11) is 0. The first kappa shape index (κ1) is 17.9. The fraction of sp³-hybridized carbons (Fsp3) is 0.556. The lowest BCUT2D eigenvalue weighted by atomic mass is 9.97. The summed E-state index contributed by atoms with van der Waals surface area (Å²) in [5, 5.41) is 3.19. The minimum Gasteiger partial charge on any atom is -0.489 e. The molecule has 1 fully saturated rings. The number of ether oxygens (including phenoxy) is 3. The van der Waals surface area contributed by atoms with Gasteiger partial charge in [0.1, 0.15) is 5.54 Å². The van der Waals surface area contributed by atoms with Crippen molar-refractivity contribution in [1.29, 1.82) is 0 Å². The number of hydrogen-bond donors (Lipinski definition) is 1. The minimum absolute atomic E-state index is 0.284. The number of hydrogen-bond acceptors (Lipinski definition) is 5. The van der Waals surface area contributed by atoms with Crippen molar-refractivity contribution >= 4 is 23.5 Å². The maximum Gasteiger partial charge on any atom is 0.331 e. The Balaban J connectivity index is 1.84. The average Bonchev–Trinajstić information content (AvgIpc) is 2.93. The van der Waals surface area contributed by atoms with E-state index < -0.39 is 5.54 Å². The predicted molar refractivity (Wildman–Crippen MR) is 92.4 cm³/mol. The zero-order valence-corrected chi connectivity index (χ0v) is 15.0. The molecule has 0 atom stereocenters. The Morgan fingerprint density at radius 3 is 2.64 bits per heavy atom. The number of amides is 1. The summed E-state index contributed by atoms with van der Waals surface area (Å²) in [5.41, 5.74) is -0.617. The largest absolute Gasteiger partial charge is 0.489 e. The SMILES string of the molecule is CCOC(=O)C1(NC(=O)c2cc(Cl)c3c(c2)OCCCO3)CCCC1. The molecule has 7 heteroatoms. The number of benzene rings is 1. The van der Waals surface area contributed by atoms with Crippen LogP contribution in [0.25, 0.3) is 0 Å². The first-order valence-electron chi connectivity index (χ1n) is 8.64. The van der Waals surface area contributed by atoms with Crippen LogP contribution in [0.5, 0.6) is 11.5 Å². The van der Waals surface area contributed by atoms with Gasteiger partial charge in [-0.2, -0.15) is 0 Å². The molecule has 1 heterocycles. The van der Waals surface area contributed by atoms with Gasteiger partial charge in [-0.15, -0.1) is 0 Å². The van der Waals surface area contributed by atoms with Gasteiger partial charge < -0.3 is 19.5 Å². The molecule has 0 spiro atoms. The van der Waals surface area contributed by atoms with Crippen LogP contribution >= 0.6 is 11.6 Å². The van der Waals surface area contributed by atoms with Crippen molar-refractivity contribution in [2.45, 2.75) is 44.6 Å². The summed E-state index contributed by atoms with van der Waals surface area (Å²) in [6, 6.07) is 3.15. The van der Waals surface area contributed by atoms with Gasteiger partial charge >= 0.3 is 5.97 Å². The van der Waals surface area contributed by atoms with E-state index in [1.54, 1.807) is 13.0 Å². The van der Waals surface area contributed by atoms with Gasteiger partial charge in [-0.25, -0.2) is 4.79 Å². The molecule has 1 aromatic rings. The van der Waals surface area contributed by atoms with E-state index in [-0.39, 0.29) is 18.5 Å². The maximum atomic E-state index is 12.8. The zero-order valence-electron chi connectivity index (χ0n) is 14.2. The van der Waals surface area contributed by atoms with Crippen molar-refractivity contribution in [2.75, 3.05) is 19.8 Å². The van der Waals surface area contributed by atoms with E-state index in [9.17, 15) is 9.59 Å². The number of fused-ring (bicyclic) bond motifs is 1. The molecule has 25 heavy (non-hydrogen) atoms. The molecule has 1 amide bonds. The van der Waals surface area contributed by atoms with Gasteiger partial charge in [0.15, 0.2) is 11.5 Å². The Hall–Kier alpha value is -1.95.